The standard InChI is InChI=1S/C18H25N5O/c1-14-17(21-22-20-14)18(24)19-12-16-8-5-10-23(13-16)11-9-15-6-3-2-4-7-15/h2-4,6-7,16H,5,8-13H2,1H3,(H,19,24)(H,20,21,22)/t16-/m1/s1. The number of benzene rings is 1. The molecule has 0 radical (unpaired) electrons. The number of H-pyrrole nitrogens is 1. The summed E-state index contributed by atoms with van der Waals surface area (Å²) in [7, 11) is 0. The lowest BCUT2D eigenvalue weighted by Crippen LogP contribution is -2.41. The minimum Gasteiger partial charge on any atom is -0.350 e. The van der Waals surface area contributed by atoms with Gasteiger partial charge in [0.25, 0.3) is 5.91 Å². The summed E-state index contributed by atoms with van der Waals surface area (Å²) in [5.41, 5.74) is 2.42. The summed E-state index contributed by atoms with van der Waals surface area (Å²) in [4.78, 5) is 14.6. The third-order valence-electron chi connectivity index (χ3n) is 4.65. The summed E-state index contributed by atoms with van der Waals surface area (Å²) in [5, 5.41) is 13.3. The predicted molar refractivity (Wildman–Crippen MR) is 92.8 cm³/mol. The van der Waals surface area contributed by atoms with Gasteiger partial charge in [-0.2, -0.15) is 15.4 Å². The molecule has 2 N–H and O–H groups in total. The summed E-state index contributed by atoms with van der Waals surface area (Å²) in [5.74, 6) is 0.369. The Bertz CT molecular complexity index is 654. The molecular weight excluding hydrogens is 302 g/mol. The Morgan fingerprint density at radius 2 is 2.17 bits per heavy atom. The normalized spacial score (nSPS) is 18.5. The van der Waals surface area contributed by atoms with Crippen LogP contribution in [0.3, 0.4) is 0 Å². The minimum absolute atomic E-state index is 0.136. The zero-order valence-corrected chi connectivity index (χ0v) is 14.2. The van der Waals surface area contributed by atoms with Crippen LogP contribution in [0.15, 0.2) is 30.3 Å². The van der Waals surface area contributed by atoms with Gasteiger partial charge in [0.1, 0.15) is 0 Å². The number of piperidine rings is 1. The number of aryl methyl sites for hydroxylation is 1. The van der Waals surface area contributed by atoms with Crippen molar-refractivity contribution < 1.29 is 4.79 Å². The molecule has 1 aliphatic rings. The fourth-order valence-electron chi connectivity index (χ4n) is 3.27. The molecule has 6 heteroatoms. The molecule has 1 aromatic carbocycles. The van der Waals surface area contributed by atoms with Gasteiger partial charge in [-0.3, -0.25) is 4.79 Å². The monoisotopic (exact) mass is 327 g/mol. The number of nitrogens with one attached hydrogen (secondary N) is 2. The number of aromatic amines is 1. The average Bonchev–Trinajstić information content (AvgIpc) is 3.05. The van der Waals surface area contributed by atoms with Crippen LogP contribution < -0.4 is 5.32 Å². The van der Waals surface area contributed by atoms with Crippen LogP contribution >= 0.6 is 0 Å². The maximum atomic E-state index is 12.1. The van der Waals surface area contributed by atoms with Crippen LogP contribution in [0, 0.1) is 12.8 Å². The summed E-state index contributed by atoms with van der Waals surface area (Å²) < 4.78 is 0. The van der Waals surface area contributed by atoms with Crippen molar-refractivity contribution in [1.82, 2.24) is 25.6 Å². The highest BCUT2D eigenvalue weighted by Crippen LogP contribution is 2.16. The first-order valence-electron chi connectivity index (χ1n) is 8.64. The van der Waals surface area contributed by atoms with Crippen LogP contribution in [0.4, 0.5) is 0 Å². The van der Waals surface area contributed by atoms with E-state index in [1.165, 1.54) is 18.4 Å². The number of amides is 1. The molecular formula is C18H25N5O. The molecule has 1 aromatic heterocycles. The second-order valence-electron chi connectivity index (χ2n) is 6.51. The van der Waals surface area contributed by atoms with E-state index in [9.17, 15) is 4.79 Å². The van der Waals surface area contributed by atoms with E-state index in [1.807, 2.05) is 0 Å². The maximum absolute atomic E-state index is 12.1. The zero-order valence-electron chi connectivity index (χ0n) is 14.2. The molecule has 24 heavy (non-hydrogen) atoms. The second-order valence-corrected chi connectivity index (χ2v) is 6.51. The van der Waals surface area contributed by atoms with Gasteiger partial charge in [0, 0.05) is 19.6 Å². The van der Waals surface area contributed by atoms with Crippen LogP contribution in [0.2, 0.25) is 0 Å². The smallest absolute Gasteiger partial charge is 0.273 e. The lowest BCUT2D eigenvalue weighted by molar-refractivity contribution is 0.0927. The molecule has 6 nitrogen and oxygen atoms in total. The minimum atomic E-state index is -0.136. The molecule has 0 spiro atoms. The SMILES string of the molecule is Cc1n[nH]nc1C(=O)NC[C@H]1CCCN(CCc2ccccc2)C1. The highest BCUT2D eigenvalue weighted by atomic mass is 16.2. The number of carbonyl (C=O) groups is 1. The van der Waals surface area contributed by atoms with E-state index >= 15 is 0 Å². The van der Waals surface area contributed by atoms with Crippen molar-refractivity contribution in [2.45, 2.75) is 26.2 Å². The van der Waals surface area contributed by atoms with E-state index in [4.69, 9.17) is 0 Å². The van der Waals surface area contributed by atoms with Gasteiger partial charge in [0.05, 0.1) is 5.69 Å². The Morgan fingerprint density at radius 3 is 2.92 bits per heavy atom. The van der Waals surface area contributed by atoms with Gasteiger partial charge < -0.3 is 10.2 Å². The molecule has 3 rings (SSSR count). The third kappa shape index (κ3) is 4.41. The van der Waals surface area contributed by atoms with E-state index < -0.39 is 0 Å². The number of hydrogen-bond donors (Lipinski definition) is 2. The molecule has 0 saturated carbocycles. The van der Waals surface area contributed by atoms with E-state index in [2.05, 4.69) is 56.0 Å². The topological polar surface area (TPSA) is 73.9 Å². The van der Waals surface area contributed by atoms with E-state index in [0.29, 0.717) is 23.9 Å². The first kappa shape index (κ1) is 16.6. The van der Waals surface area contributed by atoms with Crippen molar-refractivity contribution in [1.29, 1.82) is 0 Å². The van der Waals surface area contributed by atoms with Crippen LogP contribution in [0.5, 0.6) is 0 Å². The van der Waals surface area contributed by atoms with Gasteiger partial charge in [-0.25, -0.2) is 0 Å². The van der Waals surface area contributed by atoms with E-state index in [-0.39, 0.29) is 5.91 Å². The zero-order chi connectivity index (χ0) is 16.8. The third-order valence-corrected chi connectivity index (χ3v) is 4.65. The van der Waals surface area contributed by atoms with Crippen molar-refractivity contribution in [2.75, 3.05) is 26.2 Å². The largest absolute Gasteiger partial charge is 0.350 e. The van der Waals surface area contributed by atoms with Gasteiger partial charge in [0.2, 0.25) is 0 Å². The molecule has 1 aliphatic heterocycles. The van der Waals surface area contributed by atoms with Crippen LogP contribution in [0.1, 0.15) is 34.6 Å². The Balaban J connectivity index is 1.44. The van der Waals surface area contributed by atoms with Crippen molar-refractivity contribution in [3.8, 4) is 0 Å². The summed E-state index contributed by atoms with van der Waals surface area (Å²) >= 11 is 0. The van der Waals surface area contributed by atoms with E-state index in [0.717, 1.165) is 26.1 Å². The lowest BCUT2D eigenvalue weighted by atomic mass is 9.97. The van der Waals surface area contributed by atoms with Gasteiger partial charge >= 0.3 is 0 Å². The molecule has 1 fully saturated rings. The Hall–Kier alpha value is -2.21. The molecule has 0 bridgehead atoms. The van der Waals surface area contributed by atoms with Gasteiger partial charge in [-0.05, 0) is 44.2 Å². The number of likely N-dealkylation sites (tertiary alicyclic amines) is 1. The second kappa shape index (κ2) is 8.06. The van der Waals surface area contributed by atoms with Gasteiger partial charge in [-0.1, -0.05) is 30.3 Å². The van der Waals surface area contributed by atoms with Gasteiger partial charge in [-0.15, -0.1) is 0 Å². The van der Waals surface area contributed by atoms with Crippen LogP contribution in [-0.4, -0.2) is 52.4 Å². The van der Waals surface area contributed by atoms with Crippen LogP contribution in [-0.2, 0) is 6.42 Å². The summed E-state index contributed by atoms with van der Waals surface area (Å²) in [6.45, 7) is 5.76. The number of rotatable bonds is 6. The fraction of sp³-hybridized carbons (Fsp3) is 0.500. The summed E-state index contributed by atoms with van der Waals surface area (Å²) in [6.07, 6.45) is 3.44. The number of hydrogen-bond acceptors (Lipinski definition) is 4. The number of carbonyl (C=O) groups excluding carboxylic acids is 1. The first-order chi connectivity index (χ1) is 11.7. The van der Waals surface area contributed by atoms with Crippen molar-refractivity contribution >= 4 is 5.91 Å². The van der Waals surface area contributed by atoms with Crippen LogP contribution in [0.25, 0.3) is 0 Å². The van der Waals surface area contributed by atoms with Crippen molar-refractivity contribution in [3.63, 3.8) is 0 Å². The number of aromatic nitrogens is 3. The molecule has 0 aliphatic carbocycles. The fourth-order valence-corrected chi connectivity index (χ4v) is 3.27. The maximum Gasteiger partial charge on any atom is 0.273 e. The Morgan fingerprint density at radius 1 is 1.33 bits per heavy atom. The lowest BCUT2D eigenvalue weighted by Gasteiger charge is -2.32. The highest BCUT2D eigenvalue weighted by molar-refractivity contribution is 5.93. The Kier molecular flexibility index (Phi) is 5.59. The molecule has 128 valence electrons. The average molecular weight is 327 g/mol. The quantitative estimate of drug-likeness (QED) is 0.848. The molecule has 1 atom stereocenters. The molecule has 1 saturated heterocycles. The summed E-state index contributed by atoms with van der Waals surface area (Å²) in [6, 6.07) is 10.6. The highest BCUT2D eigenvalue weighted by Gasteiger charge is 2.21. The Labute approximate surface area is 142 Å². The number of nitrogens with zero attached hydrogens (tertiary/aromatic N) is 3. The molecule has 2 aromatic rings. The first-order valence-corrected chi connectivity index (χ1v) is 8.64. The molecule has 1 amide bonds. The van der Waals surface area contributed by atoms with Crippen molar-refractivity contribution in [3.05, 3.63) is 47.3 Å². The van der Waals surface area contributed by atoms with E-state index in [1.54, 1.807) is 6.92 Å². The predicted octanol–water partition coefficient (Wildman–Crippen LogP) is 1.80. The molecule has 0 unspecified atom stereocenters. The van der Waals surface area contributed by atoms with Gasteiger partial charge in [0.15, 0.2) is 5.69 Å². The molecule has 2 heterocycles. The van der Waals surface area contributed by atoms with Crippen molar-refractivity contribution in [2.24, 2.45) is 5.92 Å².